The molecule has 0 spiro atoms. The molecule has 0 saturated carbocycles. The molecule has 0 radical (unpaired) electrons. The minimum atomic E-state index is -4.76. The highest BCUT2D eigenvalue weighted by Gasteiger charge is 2.30. The minimum absolute atomic E-state index is 0.329. The Bertz CT molecular complexity index is 1280. The maximum atomic E-state index is 13.0. The highest BCUT2D eigenvalue weighted by atomic mass is 35.5. The lowest BCUT2D eigenvalue weighted by Crippen LogP contribution is -2.16. The zero-order valence-electron chi connectivity index (χ0n) is 16.8. The number of hydrogen-bond donors (Lipinski definition) is 0. The second-order valence-corrected chi connectivity index (χ2v) is 7.30. The first-order valence-electron chi connectivity index (χ1n) is 9.63. The number of pyridine rings is 1. The molecule has 9 heteroatoms. The average molecular weight is 470 g/mol. The highest BCUT2D eigenvalue weighted by molar-refractivity contribution is 6.30. The number of carbonyl (C=O) groups excluding carboxylic acids is 1. The van der Waals surface area contributed by atoms with E-state index in [0.29, 0.717) is 33.1 Å². The summed E-state index contributed by atoms with van der Waals surface area (Å²) in [4.78, 5) is 17.1. The van der Waals surface area contributed by atoms with Crippen molar-refractivity contribution in [3.63, 3.8) is 0 Å². The van der Waals surface area contributed by atoms with Crippen molar-refractivity contribution in [2.45, 2.75) is 6.36 Å². The van der Waals surface area contributed by atoms with Crippen LogP contribution in [-0.2, 0) is 0 Å². The Morgan fingerprint density at radius 1 is 1.03 bits per heavy atom. The summed E-state index contributed by atoms with van der Waals surface area (Å²) in [6.07, 6.45) is 2.91. The van der Waals surface area contributed by atoms with E-state index in [0.717, 1.165) is 0 Å². The molecular formula is C24H15ClF3N3O2. The quantitative estimate of drug-likeness (QED) is 0.243. The van der Waals surface area contributed by atoms with Crippen molar-refractivity contribution in [2.24, 2.45) is 0 Å². The van der Waals surface area contributed by atoms with Crippen LogP contribution in [0.3, 0.4) is 0 Å². The number of allylic oxidation sites excluding steroid dienone is 1. The summed E-state index contributed by atoms with van der Waals surface area (Å²) in [7, 11) is 0. The molecule has 0 aliphatic carbocycles. The van der Waals surface area contributed by atoms with E-state index < -0.39 is 6.36 Å². The molecule has 0 N–H and O–H groups in total. The molecule has 0 bridgehead atoms. The zero-order valence-corrected chi connectivity index (χ0v) is 17.6. The van der Waals surface area contributed by atoms with Gasteiger partial charge >= 0.3 is 6.36 Å². The molecule has 0 saturated heterocycles. The molecule has 0 aliphatic heterocycles. The van der Waals surface area contributed by atoms with E-state index in [2.05, 4.69) is 14.8 Å². The van der Waals surface area contributed by atoms with Crippen LogP contribution in [0.5, 0.6) is 5.75 Å². The van der Waals surface area contributed by atoms with Gasteiger partial charge in [0.1, 0.15) is 11.4 Å². The molecule has 4 aromatic rings. The minimum Gasteiger partial charge on any atom is -0.406 e. The van der Waals surface area contributed by atoms with E-state index in [-0.39, 0.29) is 11.5 Å². The van der Waals surface area contributed by atoms with Crippen LogP contribution in [0.1, 0.15) is 15.9 Å². The monoisotopic (exact) mass is 469 g/mol. The van der Waals surface area contributed by atoms with Crippen molar-refractivity contribution >= 4 is 23.5 Å². The number of carbonyl (C=O) groups is 1. The summed E-state index contributed by atoms with van der Waals surface area (Å²) in [5, 5.41) is 5.13. The number of alkyl halides is 3. The van der Waals surface area contributed by atoms with Gasteiger partial charge in [0, 0.05) is 29.2 Å². The maximum absolute atomic E-state index is 13.0. The van der Waals surface area contributed by atoms with Gasteiger partial charge in [-0.25, -0.2) is 4.68 Å². The van der Waals surface area contributed by atoms with E-state index in [1.807, 2.05) is 0 Å². The number of nitrogens with zero attached hydrogens (tertiary/aromatic N) is 3. The molecule has 2 heterocycles. The van der Waals surface area contributed by atoms with Gasteiger partial charge in [-0.3, -0.25) is 9.78 Å². The standard InChI is InChI=1S/C24H15ClF3N3O2/c25-18-6-8-19(9-7-18)31-15-21(23(30-31)17-2-1-13-29-14-17)22(32)12-5-16-3-10-20(11-4-16)33-24(26,27)28/h1-15H. The first kappa shape index (κ1) is 22.3. The number of hydrogen-bond acceptors (Lipinski definition) is 4. The van der Waals surface area contributed by atoms with Gasteiger partial charge in [-0.05, 0) is 60.2 Å². The van der Waals surface area contributed by atoms with Crippen LogP contribution in [0, 0.1) is 0 Å². The molecule has 4 rings (SSSR count). The van der Waals surface area contributed by atoms with Crippen LogP contribution in [0.2, 0.25) is 5.02 Å². The number of aromatic nitrogens is 3. The van der Waals surface area contributed by atoms with Gasteiger partial charge in [0.05, 0.1) is 11.3 Å². The fourth-order valence-electron chi connectivity index (χ4n) is 3.04. The topological polar surface area (TPSA) is 57.0 Å². The Morgan fingerprint density at radius 3 is 2.39 bits per heavy atom. The number of benzene rings is 2. The normalized spacial score (nSPS) is 11.6. The maximum Gasteiger partial charge on any atom is 0.573 e. The Labute approximate surface area is 191 Å². The smallest absolute Gasteiger partial charge is 0.406 e. The Hall–Kier alpha value is -3.91. The molecule has 0 amide bonds. The average Bonchev–Trinajstić information content (AvgIpc) is 3.24. The van der Waals surface area contributed by atoms with E-state index in [4.69, 9.17) is 11.6 Å². The molecule has 2 aromatic heterocycles. The van der Waals surface area contributed by atoms with Gasteiger partial charge in [-0.15, -0.1) is 13.2 Å². The SMILES string of the molecule is O=C(C=Cc1ccc(OC(F)(F)F)cc1)c1cn(-c2ccc(Cl)cc2)nc1-c1cccnc1. The third kappa shape index (κ3) is 5.67. The van der Waals surface area contributed by atoms with E-state index >= 15 is 0 Å². The van der Waals surface area contributed by atoms with Crippen LogP contribution >= 0.6 is 11.6 Å². The van der Waals surface area contributed by atoms with Gasteiger partial charge in [0.25, 0.3) is 0 Å². The molecule has 0 unspecified atom stereocenters. The van der Waals surface area contributed by atoms with Gasteiger partial charge in [-0.2, -0.15) is 5.10 Å². The second kappa shape index (κ2) is 9.30. The van der Waals surface area contributed by atoms with Crippen molar-refractivity contribution in [3.8, 4) is 22.7 Å². The fourth-order valence-corrected chi connectivity index (χ4v) is 3.16. The molecule has 0 fully saturated rings. The van der Waals surface area contributed by atoms with Gasteiger partial charge in [-0.1, -0.05) is 29.8 Å². The lowest BCUT2D eigenvalue weighted by molar-refractivity contribution is -0.274. The van der Waals surface area contributed by atoms with E-state index in [9.17, 15) is 18.0 Å². The van der Waals surface area contributed by atoms with E-state index in [1.165, 1.54) is 36.4 Å². The molecule has 166 valence electrons. The summed E-state index contributed by atoms with van der Waals surface area (Å²) in [5.74, 6) is -0.668. The summed E-state index contributed by atoms with van der Waals surface area (Å²) in [6, 6.07) is 15.7. The largest absolute Gasteiger partial charge is 0.573 e. The van der Waals surface area contributed by atoms with Crippen LogP contribution in [0.25, 0.3) is 23.0 Å². The lowest BCUT2D eigenvalue weighted by atomic mass is 10.1. The molecule has 2 aromatic carbocycles. The lowest BCUT2D eigenvalue weighted by Gasteiger charge is -2.08. The summed E-state index contributed by atoms with van der Waals surface area (Å²) in [6.45, 7) is 0. The molecule has 5 nitrogen and oxygen atoms in total. The first-order chi connectivity index (χ1) is 15.8. The zero-order chi connectivity index (χ0) is 23.4. The fraction of sp³-hybridized carbons (Fsp3) is 0.0417. The number of ether oxygens (including phenoxy) is 1. The highest BCUT2D eigenvalue weighted by Crippen LogP contribution is 2.26. The van der Waals surface area contributed by atoms with Crippen molar-refractivity contribution in [3.05, 3.63) is 101 Å². The van der Waals surface area contributed by atoms with Crippen molar-refractivity contribution in [2.75, 3.05) is 0 Å². The molecule has 33 heavy (non-hydrogen) atoms. The van der Waals surface area contributed by atoms with Crippen LogP contribution in [-0.4, -0.2) is 26.9 Å². The predicted molar refractivity (Wildman–Crippen MR) is 118 cm³/mol. The van der Waals surface area contributed by atoms with Crippen molar-refractivity contribution in [1.82, 2.24) is 14.8 Å². The Morgan fingerprint density at radius 2 is 1.76 bits per heavy atom. The van der Waals surface area contributed by atoms with Crippen LogP contribution in [0.4, 0.5) is 13.2 Å². The summed E-state index contributed by atoms with van der Waals surface area (Å²) < 4.78 is 42.3. The number of rotatable bonds is 6. The van der Waals surface area contributed by atoms with Crippen LogP contribution in [0.15, 0.2) is 85.3 Å². The van der Waals surface area contributed by atoms with Gasteiger partial charge in [0.2, 0.25) is 0 Å². The third-order valence-corrected chi connectivity index (χ3v) is 4.80. The van der Waals surface area contributed by atoms with Crippen molar-refractivity contribution < 1.29 is 22.7 Å². The van der Waals surface area contributed by atoms with Gasteiger partial charge in [0.15, 0.2) is 5.78 Å². The Balaban J connectivity index is 1.63. The van der Waals surface area contributed by atoms with Gasteiger partial charge < -0.3 is 4.74 Å². The third-order valence-electron chi connectivity index (χ3n) is 4.55. The predicted octanol–water partition coefficient (Wildman–Crippen LogP) is 6.38. The molecule has 0 aliphatic rings. The summed E-state index contributed by atoms with van der Waals surface area (Å²) >= 11 is 5.96. The first-order valence-corrected chi connectivity index (χ1v) is 10.0. The van der Waals surface area contributed by atoms with E-state index in [1.54, 1.807) is 59.7 Å². The Kier molecular flexibility index (Phi) is 6.28. The number of ketones is 1. The second-order valence-electron chi connectivity index (χ2n) is 6.87. The van der Waals surface area contributed by atoms with Crippen LogP contribution < -0.4 is 4.74 Å². The van der Waals surface area contributed by atoms with Crippen molar-refractivity contribution in [1.29, 1.82) is 0 Å². The summed E-state index contributed by atoms with van der Waals surface area (Å²) in [5.41, 5.74) is 2.70. The molecular weight excluding hydrogens is 455 g/mol. The number of halogens is 4. The molecule has 0 atom stereocenters.